The topological polar surface area (TPSA) is 54.3 Å². The molecule has 5 nitrogen and oxygen atoms in total. The highest BCUT2D eigenvalue weighted by atomic mass is 16.2. The first kappa shape index (κ1) is 16.6. The fraction of sp³-hybridized carbons (Fsp3) is 0.333. The minimum atomic E-state index is -0.178. The normalized spacial score (nSPS) is 21.5. The first-order valence-electron chi connectivity index (χ1n) is 9.06. The lowest BCUT2D eigenvalue weighted by atomic mass is 9.95. The Bertz CT molecular complexity index is 930. The number of carbonyl (C=O) groups is 1. The monoisotopic (exact) mass is 349 g/mol. The minimum Gasteiger partial charge on any atom is -0.317 e. The second kappa shape index (κ2) is 6.48. The minimum absolute atomic E-state index is 0.0943. The van der Waals surface area contributed by atoms with Crippen molar-refractivity contribution >= 4 is 17.3 Å². The van der Waals surface area contributed by atoms with Gasteiger partial charge in [0.1, 0.15) is 5.69 Å². The van der Waals surface area contributed by atoms with Gasteiger partial charge in [-0.2, -0.15) is 0 Å². The number of carbonyl (C=O) groups excluding carboxylic acids is 1. The van der Waals surface area contributed by atoms with Gasteiger partial charge in [0.2, 0.25) is 0 Å². The molecule has 2 atom stereocenters. The molecule has 1 N–H and O–H groups in total. The summed E-state index contributed by atoms with van der Waals surface area (Å²) in [7, 11) is 1.69. The van der Waals surface area contributed by atoms with Crippen molar-refractivity contribution in [2.45, 2.75) is 38.3 Å². The molecule has 4 rings (SSSR count). The van der Waals surface area contributed by atoms with E-state index in [-0.39, 0.29) is 23.7 Å². The predicted octanol–water partition coefficient (Wildman–Crippen LogP) is 3.55. The Hall–Kier alpha value is -2.82. The lowest BCUT2D eigenvalue weighted by molar-refractivity contribution is 0.193. The van der Waals surface area contributed by atoms with Crippen molar-refractivity contribution in [2.24, 2.45) is 7.05 Å². The van der Waals surface area contributed by atoms with Gasteiger partial charge in [-0.05, 0) is 49.0 Å². The molecule has 0 unspecified atom stereocenters. The maximum absolute atomic E-state index is 12.9. The van der Waals surface area contributed by atoms with E-state index in [4.69, 9.17) is 0 Å². The number of hydrogen-bond donors (Lipinski definition) is 1. The van der Waals surface area contributed by atoms with Crippen LogP contribution in [0.15, 0.2) is 53.5 Å². The van der Waals surface area contributed by atoms with Gasteiger partial charge >= 0.3 is 6.03 Å². The number of anilines is 1. The highest BCUT2D eigenvalue weighted by Gasteiger charge is 2.40. The van der Waals surface area contributed by atoms with E-state index in [1.165, 1.54) is 15.7 Å². The summed E-state index contributed by atoms with van der Waals surface area (Å²) in [4.78, 5) is 27.2. The number of nitrogens with zero attached hydrogens (tertiary/aromatic N) is 2. The van der Waals surface area contributed by atoms with Crippen molar-refractivity contribution in [3.63, 3.8) is 0 Å². The molecule has 2 bridgehead atoms. The number of hydrogen-bond acceptors (Lipinski definition) is 2. The van der Waals surface area contributed by atoms with Crippen molar-refractivity contribution in [2.75, 3.05) is 5.32 Å². The van der Waals surface area contributed by atoms with Crippen LogP contribution in [0, 0.1) is 6.92 Å². The van der Waals surface area contributed by atoms with E-state index in [9.17, 15) is 9.59 Å². The number of aryl methyl sites for hydroxylation is 2. The Kier molecular flexibility index (Phi) is 4.15. The molecule has 2 amide bonds. The average molecular weight is 349 g/mol. The summed E-state index contributed by atoms with van der Waals surface area (Å²) >= 11 is 0. The fourth-order valence-corrected chi connectivity index (χ4v) is 4.06. The van der Waals surface area contributed by atoms with Crippen molar-refractivity contribution in [1.82, 2.24) is 9.47 Å². The second-order valence-electron chi connectivity index (χ2n) is 7.19. The maximum Gasteiger partial charge on any atom is 0.322 e. The van der Waals surface area contributed by atoms with E-state index in [0.29, 0.717) is 5.69 Å². The molecule has 26 heavy (non-hydrogen) atoms. The summed E-state index contributed by atoms with van der Waals surface area (Å²) in [6, 6.07) is 12.3. The lowest BCUT2D eigenvalue weighted by Gasteiger charge is -2.34. The lowest BCUT2D eigenvalue weighted by Crippen LogP contribution is -2.46. The van der Waals surface area contributed by atoms with Gasteiger partial charge in [-0.3, -0.25) is 4.79 Å². The van der Waals surface area contributed by atoms with Gasteiger partial charge in [-0.1, -0.05) is 36.4 Å². The average Bonchev–Trinajstić information content (AvgIpc) is 2.92. The quantitative estimate of drug-likeness (QED) is 0.901. The molecule has 1 aromatic carbocycles. The summed E-state index contributed by atoms with van der Waals surface area (Å²) in [6.45, 7) is 1.84. The van der Waals surface area contributed by atoms with Gasteiger partial charge in [0.25, 0.3) is 5.56 Å². The van der Waals surface area contributed by atoms with Crippen LogP contribution < -0.4 is 10.9 Å². The van der Waals surface area contributed by atoms with Crippen molar-refractivity contribution in [3.8, 4) is 0 Å². The Morgan fingerprint density at radius 1 is 1.15 bits per heavy atom. The third-order valence-corrected chi connectivity index (χ3v) is 5.48. The van der Waals surface area contributed by atoms with Crippen LogP contribution >= 0.6 is 0 Å². The standard InChI is InChI=1S/C21H23N3O2/c1-14-10-11-23(2)20(25)19(14)22-21(26)24-17-8-9-18(24)13-16(12-17)15-6-4-3-5-7-15/h3-7,10-12,17-18H,8-9,13H2,1-2H3,(H,22,26)/t17-,18-/m1/s1. The number of nitrogens with one attached hydrogen (secondary N) is 1. The van der Waals surface area contributed by atoms with E-state index >= 15 is 0 Å². The Labute approximate surface area is 152 Å². The number of aromatic nitrogens is 1. The van der Waals surface area contributed by atoms with Crippen LogP contribution in [-0.4, -0.2) is 27.6 Å². The predicted molar refractivity (Wildman–Crippen MR) is 103 cm³/mol. The summed E-state index contributed by atoms with van der Waals surface area (Å²) < 4.78 is 1.49. The summed E-state index contributed by atoms with van der Waals surface area (Å²) in [5, 5.41) is 2.87. The fourth-order valence-electron chi connectivity index (χ4n) is 4.06. The first-order valence-corrected chi connectivity index (χ1v) is 9.06. The van der Waals surface area contributed by atoms with Crippen LogP contribution in [0.3, 0.4) is 0 Å². The molecule has 2 aliphatic rings. The molecule has 3 heterocycles. The Balaban J connectivity index is 1.58. The zero-order valence-electron chi connectivity index (χ0n) is 15.1. The number of fused-ring (bicyclic) bond motifs is 2. The van der Waals surface area contributed by atoms with Crippen LogP contribution in [0.25, 0.3) is 5.57 Å². The number of rotatable bonds is 2. The maximum atomic E-state index is 12.9. The molecule has 2 aromatic rings. The van der Waals surface area contributed by atoms with Crippen LogP contribution in [0.5, 0.6) is 0 Å². The number of urea groups is 1. The molecule has 0 spiro atoms. The van der Waals surface area contributed by atoms with Gasteiger partial charge in [-0.15, -0.1) is 0 Å². The molecular formula is C21H23N3O2. The molecule has 2 aliphatic heterocycles. The van der Waals surface area contributed by atoms with Gasteiger partial charge in [0.15, 0.2) is 0 Å². The smallest absolute Gasteiger partial charge is 0.317 e. The molecular weight excluding hydrogens is 326 g/mol. The molecule has 1 saturated heterocycles. The number of benzene rings is 1. The van der Waals surface area contributed by atoms with Gasteiger partial charge in [-0.25, -0.2) is 4.79 Å². The SMILES string of the molecule is Cc1ccn(C)c(=O)c1NC(=O)N1[C@@H]2CC[C@@H]1C=C(c1ccccc1)C2. The number of amides is 2. The molecule has 1 aromatic heterocycles. The second-order valence-corrected chi connectivity index (χ2v) is 7.19. The largest absolute Gasteiger partial charge is 0.322 e. The Morgan fingerprint density at radius 2 is 1.92 bits per heavy atom. The molecule has 0 radical (unpaired) electrons. The van der Waals surface area contributed by atoms with E-state index in [0.717, 1.165) is 24.8 Å². The van der Waals surface area contributed by atoms with Crippen molar-refractivity contribution in [1.29, 1.82) is 0 Å². The molecule has 0 aliphatic carbocycles. The van der Waals surface area contributed by atoms with E-state index < -0.39 is 0 Å². The molecule has 5 heteroatoms. The van der Waals surface area contributed by atoms with E-state index in [1.54, 1.807) is 13.2 Å². The van der Waals surface area contributed by atoms with Crippen molar-refractivity contribution < 1.29 is 4.79 Å². The first-order chi connectivity index (χ1) is 12.5. The van der Waals surface area contributed by atoms with Crippen LogP contribution in [0.1, 0.15) is 30.4 Å². The van der Waals surface area contributed by atoms with E-state index in [1.807, 2.05) is 36.1 Å². The van der Waals surface area contributed by atoms with Gasteiger partial charge in [0, 0.05) is 19.3 Å². The Morgan fingerprint density at radius 3 is 2.65 bits per heavy atom. The van der Waals surface area contributed by atoms with E-state index in [2.05, 4.69) is 23.5 Å². The molecule has 0 saturated carbocycles. The summed E-state index contributed by atoms with van der Waals surface area (Å²) in [5.74, 6) is 0. The summed E-state index contributed by atoms with van der Waals surface area (Å²) in [6.07, 6.45) is 6.76. The molecule has 1 fully saturated rings. The van der Waals surface area contributed by atoms with Crippen LogP contribution in [0.4, 0.5) is 10.5 Å². The third kappa shape index (κ3) is 2.83. The zero-order valence-corrected chi connectivity index (χ0v) is 15.1. The molecule has 134 valence electrons. The summed E-state index contributed by atoms with van der Waals surface area (Å²) in [5.41, 5.74) is 3.53. The third-order valence-electron chi connectivity index (χ3n) is 5.48. The van der Waals surface area contributed by atoms with Gasteiger partial charge in [0.05, 0.1) is 6.04 Å². The zero-order chi connectivity index (χ0) is 18.3. The van der Waals surface area contributed by atoms with Crippen LogP contribution in [0.2, 0.25) is 0 Å². The van der Waals surface area contributed by atoms with Gasteiger partial charge < -0.3 is 14.8 Å². The van der Waals surface area contributed by atoms with Crippen LogP contribution in [-0.2, 0) is 7.05 Å². The highest BCUT2D eigenvalue weighted by molar-refractivity contribution is 5.91. The van der Waals surface area contributed by atoms with Crippen molar-refractivity contribution in [3.05, 3.63) is 70.2 Å². The highest BCUT2D eigenvalue weighted by Crippen LogP contribution is 2.38. The number of pyridine rings is 1.